The summed E-state index contributed by atoms with van der Waals surface area (Å²) in [4.78, 5) is 0. The molecule has 0 aliphatic heterocycles. The fourth-order valence-corrected chi connectivity index (χ4v) is 0.321. The van der Waals surface area contributed by atoms with Crippen LogP contribution in [0.15, 0.2) is 30.3 Å². The summed E-state index contributed by atoms with van der Waals surface area (Å²) in [7, 11) is 0. The van der Waals surface area contributed by atoms with Crippen molar-refractivity contribution in [2.24, 2.45) is 0 Å². The minimum Gasteiger partial charge on any atom is -0.335 e. The number of hydrogen-bond donors (Lipinski definition) is 0. The van der Waals surface area contributed by atoms with Crippen LogP contribution in [-0.4, -0.2) is 0 Å². The maximum absolute atomic E-state index is 2.00. The molecule has 0 aromatic heterocycles. The van der Waals surface area contributed by atoms with E-state index in [-0.39, 0.29) is 36.9 Å². The Morgan fingerprint density at radius 1 is 1.11 bits per heavy atom. The smallest absolute Gasteiger partial charge is 0 e. The number of rotatable bonds is 0. The molecule has 0 unspecified atom stereocenters. The molecule has 0 fully saturated rings. The molecule has 1 rings (SSSR count). The van der Waals surface area contributed by atoms with Gasteiger partial charge in [0.05, 0.1) is 0 Å². The van der Waals surface area contributed by atoms with E-state index in [9.17, 15) is 0 Å². The van der Waals surface area contributed by atoms with Crippen LogP contribution in [0.25, 0.3) is 0 Å². The van der Waals surface area contributed by atoms with Gasteiger partial charge in [0, 0.05) is 36.9 Å². The van der Waals surface area contributed by atoms with Crippen LogP contribution < -0.4 is 0 Å². The zero-order valence-electron chi connectivity index (χ0n) is 5.72. The molecule has 0 amide bonds. The Balaban J connectivity index is 0. The predicted molar refractivity (Wildman–Crippen MR) is 37.7 cm³/mol. The van der Waals surface area contributed by atoms with Crippen molar-refractivity contribution in [3.8, 4) is 0 Å². The molecular weight excluding hydrogens is 271 g/mol. The molecule has 0 atom stereocenters. The van der Waals surface area contributed by atoms with Crippen molar-refractivity contribution in [2.75, 3.05) is 0 Å². The van der Waals surface area contributed by atoms with Gasteiger partial charge in [-0.15, -0.1) is 0 Å². The van der Waals surface area contributed by atoms with E-state index >= 15 is 0 Å². The molecule has 0 N–H and O–H groups in total. The third-order valence-corrected chi connectivity index (χ3v) is 0.556. The Bertz CT molecular complexity index is 71.5. The van der Waals surface area contributed by atoms with Crippen LogP contribution in [0.3, 0.4) is 0 Å². The molecule has 1 aromatic rings. The number of hydrogen-bond acceptors (Lipinski definition) is 0. The van der Waals surface area contributed by atoms with Crippen LogP contribution in [0.1, 0.15) is 13.8 Å². The Morgan fingerprint density at radius 2 is 1.44 bits per heavy atom. The molecule has 1 aromatic carbocycles. The van der Waals surface area contributed by atoms with Gasteiger partial charge in [0.2, 0.25) is 0 Å². The Morgan fingerprint density at radius 3 is 1.56 bits per heavy atom. The molecule has 0 bridgehead atoms. The summed E-state index contributed by atoms with van der Waals surface area (Å²) in [6.07, 6.45) is 2.00. The maximum Gasteiger partial charge on any atom is 0 e. The first-order valence-electron chi connectivity index (χ1n) is 2.82. The quantitative estimate of drug-likeness (QED) is 0.642. The molecule has 0 aliphatic carbocycles. The summed E-state index contributed by atoms with van der Waals surface area (Å²) in [5.41, 5.74) is 0. The molecule has 1 heteroatoms. The van der Waals surface area contributed by atoms with Crippen LogP contribution >= 0.6 is 0 Å². The van der Waals surface area contributed by atoms with E-state index in [1.54, 1.807) is 0 Å². The Kier molecular flexibility index (Phi) is 15.5. The van der Waals surface area contributed by atoms with Crippen molar-refractivity contribution >= 4 is 0 Å². The summed E-state index contributed by atoms with van der Waals surface area (Å²) in [6, 6.07) is 10.0. The summed E-state index contributed by atoms with van der Waals surface area (Å²) >= 11 is 0. The van der Waals surface area contributed by atoms with Gasteiger partial charge in [0.15, 0.2) is 0 Å². The fourth-order valence-electron chi connectivity index (χ4n) is 0.321. The van der Waals surface area contributed by atoms with E-state index in [1.807, 2.05) is 50.6 Å². The first kappa shape index (κ1) is 12.3. The zero-order chi connectivity index (χ0) is 6.24. The molecule has 0 spiro atoms. The van der Waals surface area contributed by atoms with Crippen LogP contribution in [0.2, 0.25) is 0 Å². The van der Waals surface area contributed by atoms with Gasteiger partial charge in [-0.1, -0.05) is 0 Å². The van der Waals surface area contributed by atoms with Crippen molar-refractivity contribution in [1.29, 1.82) is 0 Å². The van der Waals surface area contributed by atoms with Crippen LogP contribution in [0, 0.1) is 43.3 Å². The normalized spacial score (nSPS) is 6.44. The Labute approximate surface area is 86.8 Å². The summed E-state index contributed by atoms with van der Waals surface area (Å²) in [6.45, 7) is 4.00. The molecule has 0 saturated heterocycles. The second-order valence-electron chi connectivity index (χ2n) is 1.54. The third-order valence-electron chi connectivity index (χ3n) is 0.556. The average Bonchev–Trinajstić information content (AvgIpc) is 2.17. The second kappa shape index (κ2) is 11.4. The molecule has 0 heterocycles. The van der Waals surface area contributed by atoms with E-state index in [2.05, 4.69) is 0 Å². The molecular formula is C8H12Lu-2. The molecule has 0 aliphatic rings. The van der Waals surface area contributed by atoms with E-state index in [0.717, 1.165) is 0 Å². The van der Waals surface area contributed by atoms with Crippen molar-refractivity contribution in [2.45, 2.75) is 13.8 Å². The SMILES string of the molecule is C[CH-]C.[Lu].c1cc[cH-]c1. The molecule has 0 nitrogen and oxygen atoms in total. The largest absolute Gasteiger partial charge is 0.335 e. The van der Waals surface area contributed by atoms with Crippen LogP contribution in [0.5, 0.6) is 0 Å². The van der Waals surface area contributed by atoms with Gasteiger partial charge in [-0.3, -0.25) is 0 Å². The van der Waals surface area contributed by atoms with E-state index in [1.165, 1.54) is 0 Å². The Hall–Kier alpha value is 0.584. The monoisotopic (exact) mass is 283 g/mol. The van der Waals surface area contributed by atoms with E-state index < -0.39 is 0 Å². The topological polar surface area (TPSA) is 0 Å². The first-order chi connectivity index (χ1) is 3.91. The van der Waals surface area contributed by atoms with Crippen molar-refractivity contribution in [3.05, 3.63) is 36.8 Å². The van der Waals surface area contributed by atoms with Crippen molar-refractivity contribution in [1.82, 2.24) is 0 Å². The molecule has 1 radical (unpaired) electrons. The summed E-state index contributed by atoms with van der Waals surface area (Å²) < 4.78 is 0. The van der Waals surface area contributed by atoms with Gasteiger partial charge in [0.25, 0.3) is 0 Å². The van der Waals surface area contributed by atoms with Gasteiger partial charge in [-0.2, -0.15) is 32.0 Å². The van der Waals surface area contributed by atoms with Gasteiger partial charge >= 0.3 is 0 Å². The van der Waals surface area contributed by atoms with Gasteiger partial charge in [-0.05, 0) is 0 Å². The minimum absolute atomic E-state index is 0. The van der Waals surface area contributed by atoms with Crippen LogP contribution in [-0.2, 0) is 0 Å². The first-order valence-corrected chi connectivity index (χ1v) is 2.82. The van der Waals surface area contributed by atoms with Crippen LogP contribution in [0.4, 0.5) is 0 Å². The summed E-state index contributed by atoms with van der Waals surface area (Å²) in [5, 5.41) is 0. The van der Waals surface area contributed by atoms with Gasteiger partial charge in [0.1, 0.15) is 0 Å². The average molecular weight is 283 g/mol. The second-order valence-corrected chi connectivity index (χ2v) is 1.54. The van der Waals surface area contributed by atoms with E-state index in [4.69, 9.17) is 0 Å². The van der Waals surface area contributed by atoms with Crippen molar-refractivity contribution < 1.29 is 36.9 Å². The minimum atomic E-state index is 0. The van der Waals surface area contributed by atoms with Crippen molar-refractivity contribution in [3.63, 3.8) is 0 Å². The molecule has 61 valence electrons. The molecule has 0 saturated carbocycles. The summed E-state index contributed by atoms with van der Waals surface area (Å²) in [5.74, 6) is 0. The van der Waals surface area contributed by atoms with Gasteiger partial charge < -0.3 is 6.42 Å². The van der Waals surface area contributed by atoms with E-state index in [0.29, 0.717) is 0 Å². The zero-order valence-corrected chi connectivity index (χ0v) is 7.38. The predicted octanol–water partition coefficient (Wildman–Crippen LogP) is 2.64. The van der Waals surface area contributed by atoms with Gasteiger partial charge in [-0.25, -0.2) is 12.1 Å². The standard InChI is InChI=1S/C5H5.C3H7.Lu/c1-2-4-5-3-1;1-3-2;/h1-5H;3H,1-2H3;/q2*-1;. The fraction of sp³-hybridized carbons (Fsp3) is 0.250. The third kappa shape index (κ3) is 11.9. The molecule has 9 heavy (non-hydrogen) atoms. The maximum atomic E-state index is 2.00.